The van der Waals surface area contributed by atoms with Crippen molar-refractivity contribution in [2.75, 3.05) is 14.2 Å². The molecule has 0 aliphatic rings. The van der Waals surface area contributed by atoms with Gasteiger partial charge in [0.25, 0.3) is 0 Å². The predicted octanol–water partition coefficient (Wildman–Crippen LogP) is 0.753. The van der Waals surface area contributed by atoms with Gasteiger partial charge < -0.3 is 14.6 Å². The van der Waals surface area contributed by atoms with Gasteiger partial charge >= 0.3 is 35.5 Å². The summed E-state index contributed by atoms with van der Waals surface area (Å²) in [6.45, 7) is 0. The van der Waals surface area contributed by atoms with Crippen LogP contribution in [0.2, 0.25) is 0 Å². The van der Waals surface area contributed by atoms with E-state index in [1.165, 1.54) is 20.3 Å². The molecule has 0 atom stereocenters. The van der Waals surface area contributed by atoms with Crippen LogP contribution in [-0.4, -0.2) is 54.9 Å². The summed E-state index contributed by atoms with van der Waals surface area (Å²) < 4.78 is 9.86. The molecule has 14 heavy (non-hydrogen) atoms. The van der Waals surface area contributed by atoms with Gasteiger partial charge in [-0.25, -0.2) is 4.79 Å². The third-order valence-electron chi connectivity index (χ3n) is 1.63. The van der Waals surface area contributed by atoms with Crippen molar-refractivity contribution in [2.24, 2.45) is 0 Å². The summed E-state index contributed by atoms with van der Waals surface area (Å²) in [4.78, 5) is 10.7. The average molecular weight is 206 g/mol. The molecule has 0 unspecified atom stereocenters. The van der Waals surface area contributed by atoms with Gasteiger partial charge in [-0.05, 0) is 12.1 Å². The number of hydrogen-bond donors (Lipinski definition) is 1. The third-order valence-corrected chi connectivity index (χ3v) is 1.63. The van der Waals surface area contributed by atoms with Crippen LogP contribution in [0.4, 0.5) is 0 Å². The van der Waals surface area contributed by atoms with Crippen LogP contribution >= 0.6 is 0 Å². The van der Waals surface area contributed by atoms with Crippen LogP contribution in [0.25, 0.3) is 0 Å². The van der Waals surface area contributed by atoms with E-state index in [2.05, 4.69) is 0 Å². The van der Waals surface area contributed by atoms with Crippen molar-refractivity contribution >= 4 is 35.5 Å². The van der Waals surface area contributed by atoms with Crippen LogP contribution in [0.3, 0.4) is 0 Å². The molecule has 0 bridgehead atoms. The Labute approximate surface area is 104 Å². The Morgan fingerprint density at radius 2 is 1.93 bits per heavy atom. The molecule has 0 radical (unpaired) electrons. The molecule has 5 heteroatoms. The van der Waals surface area contributed by atoms with E-state index in [0.717, 1.165) is 0 Å². The van der Waals surface area contributed by atoms with Crippen LogP contribution in [-0.2, 0) is 0 Å². The molecule has 0 aromatic heterocycles. The van der Waals surface area contributed by atoms with Crippen molar-refractivity contribution in [3.05, 3.63) is 23.8 Å². The molecule has 0 saturated carbocycles. The minimum atomic E-state index is -1.03. The van der Waals surface area contributed by atoms with Crippen LogP contribution in [0.5, 0.6) is 11.5 Å². The Bertz CT molecular complexity index is 325. The first-order valence-corrected chi connectivity index (χ1v) is 3.65. The van der Waals surface area contributed by atoms with E-state index >= 15 is 0 Å². The Hall–Kier alpha value is -0.710. The van der Waals surface area contributed by atoms with Crippen molar-refractivity contribution in [1.82, 2.24) is 0 Å². The van der Waals surface area contributed by atoms with Gasteiger partial charge in [0.15, 0.2) is 11.5 Å². The van der Waals surface area contributed by atoms with E-state index in [0.29, 0.717) is 5.75 Å². The topological polar surface area (TPSA) is 55.8 Å². The zero-order valence-corrected chi connectivity index (χ0v) is 7.40. The van der Waals surface area contributed by atoms with E-state index in [9.17, 15) is 4.79 Å². The van der Waals surface area contributed by atoms with Crippen LogP contribution < -0.4 is 9.47 Å². The van der Waals surface area contributed by atoms with Crippen molar-refractivity contribution < 1.29 is 19.4 Å². The quantitative estimate of drug-likeness (QED) is 0.741. The molecule has 1 rings (SSSR count). The summed E-state index contributed by atoms with van der Waals surface area (Å²) in [6, 6.07) is 4.71. The van der Waals surface area contributed by atoms with Crippen LogP contribution in [0.1, 0.15) is 10.4 Å². The molecule has 0 aliphatic carbocycles. The second kappa shape index (κ2) is 5.90. The molecule has 1 aromatic rings. The number of aromatic carboxylic acids is 1. The van der Waals surface area contributed by atoms with Crippen LogP contribution in [0, 0.1) is 0 Å². The standard InChI is InChI=1S/C9H10O4.Na.H/c1-12-7-5-3-4-6(9(10)11)8(7)13-2;;/h3-5H,1-2H3,(H,10,11);;. The predicted molar refractivity (Wildman–Crippen MR) is 53.7 cm³/mol. The summed E-state index contributed by atoms with van der Waals surface area (Å²) in [5.74, 6) is -0.365. The number of ether oxygens (including phenoxy) is 2. The van der Waals surface area contributed by atoms with E-state index in [1.807, 2.05) is 0 Å². The summed E-state index contributed by atoms with van der Waals surface area (Å²) >= 11 is 0. The normalized spacial score (nSPS) is 8.71. The summed E-state index contributed by atoms with van der Waals surface area (Å²) in [6.07, 6.45) is 0. The maximum atomic E-state index is 10.7. The molecule has 0 fully saturated rings. The Morgan fingerprint density at radius 3 is 2.36 bits per heavy atom. The van der Waals surface area contributed by atoms with Gasteiger partial charge in [-0.15, -0.1) is 0 Å². The molecule has 0 aliphatic heterocycles. The van der Waals surface area contributed by atoms with Crippen molar-refractivity contribution in [2.45, 2.75) is 0 Å². The average Bonchev–Trinajstić information content (AvgIpc) is 2.16. The molecule has 4 nitrogen and oxygen atoms in total. The molecule has 0 spiro atoms. The zero-order valence-electron chi connectivity index (χ0n) is 7.40. The number of carboxylic acids is 1. The van der Waals surface area contributed by atoms with Gasteiger partial charge in [-0.2, -0.15) is 0 Å². The number of carboxylic acid groups (broad SMARTS) is 1. The van der Waals surface area contributed by atoms with Gasteiger partial charge in [0.1, 0.15) is 5.56 Å². The summed E-state index contributed by atoms with van der Waals surface area (Å²) in [7, 11) is 2.87. The fraction of sp³-hybridized carbons (Fsp3) is 0.222. The molecule has 0 saturated heterocycles. The second-order valence-corrected chi connectivity index (χ2v) is 2.35. The molecular weight excluding hydrogens is 195 g/mol. The van der Waals surface area contributed by atoms with Gasteiger partial charge in [0.05, 0.1) is 14.2 Å². The first-order valence-electron chi connectivity index (χ1n) is 3.65. The Balaban J connectivity index is 0.00000169. The number of para-hydroxylation sites is 1. The van der Waals surface area contributed by atoms with Crippen molar-refractivity contribution in [1.29, 1.82) is 0 Å². The first kappa shape index (κ1) is 13.3. The van der Waals surface area contributed by atoms with Gasteiger partial charge in [-0.1, -0.05) is 6.07 Å². The van der Waals surface area contributed by atoms with Gasteiger partial charge in [0, 0.05) is 0 Å². The van der Waals surface area contributed by atoms with E-state index in [4.69, 9.17) is 14.6 Å². The Kier molecular flexibility index (Phi) is 5.60. The van der Waals surface area contributed by atoms with Crippen molar-refractivity contribution in [3.8, 4) is 11.5 Å². The molecule has 1 N–H and O–H groups in total. The van der Waals surface area contributed by atoms with Crippen LogP contribution in [0.15, 0.2) is 18.2 Å². The minimum absolute atomic E-state index is 0. The molecule has 1 aromatic carbocycles. The van der Waals surface area contributed by atoms with E-state index in [1.54, 1.807) is 12.1 Å². The zero-order chi connectivity index (χ0) is 9.84. The third kappa shape index (κ3) is 2.64. The molecule has 0 heterocycles. The summed E-state index contributed by atoms with van der Waals surface area (Å²) in [5.41, 5.74) is 0.0989. The Morgan fingerprint density at radius 1 is 1.29 bits per heavy atom. The van der Waals surface area contributed by atoms with E-state index < -0.39 is 5.97 Å². The second-order valence-electron chi connectivity index (χ2n) is 2.35. The fourth-order valence-electron chi connectivity index (χ4n) is 1.06. The molecule has 72 valence electrons. The SMILES string of the molecule is COc1cccc(C(=O)O)c1OC.[NaH]. The fourth-order valence-corrected chi connectivity index (χ4v) is 1.06. The first-order chi connectivity index (χ1) is 6.20. The number of hydrogen-bond acceptors (Lipinski definition) is 3. The number of rotatable bonds is 3. The monoisotopic (exact) mass is 206 g/mol. The van der Waals surface area contributed by atoms with E-state index in [-0.39, 0.29) is 40.9 Å². The van der Waals surface area contributed by atoms with Gasteiger partial charge in [-0.3, -0.25) is 0 Å². The molecule has 0 amide bonds. The molecular formula is C9H11NaO4. The maximum absolute atomic E-state index is 10.7. The number of benzene rings is 1. The van der Waals surface area contributed by atoms with Gasteiger partial charge in [0.2, 0.25) is 0 Å². The van der Waals surface area contributed by atoms with Crippen molar-refractivity contribution in [3.63, 3.8) is 0 Å². The number of methoxy groups -OCH3 is 2. The number of carbonyl (C=O) groups is 1. The summed E-state index contributed by atoms with van der Waals surface area (Å²) in [5, 5.41) is 8.78.